The molecule has 0 fully saturated rings. The topological polar surface area (TPSA) is 59.3 Å². The third kappa shape index (κ3) is 3.13. The highest BCUT2D eigenvalue weighted by Crippen LogP contribution is 2.30. The van der Waals surface area contributed by atoms with Gasteiger partial charge in [-0.15, -0.1) is 0 Å². The molecule has 0 amide bonds. The van der Waals surface area contributed by atoms with Crippen LogP contribution < -0.4 is 9.47 Å². The first-order chi connectivity index (χ1) is 11.6. The molecule has 1 heterocycles. The quantitative estimate of drug-likeness (QED) is 0.807. The van der Waals surface area contributed by atoms with Crippen molar-refractivity contribution in [3.63, 3.8) is 0 Å². The highest BCUT2D eigenvalue weighted by atomic mass is 19.1. The van der Waals surface area contributed by atoms with Crippen LogP contribution >= 0.6 is 0 Å². The van der Waals surface area contributed by atoms with Crippen LogP contribution in [-0.4, -0.2) is 18.5 Å². The van der Waals surface area contributed by atoms with Crippen molar-refractivity contribution in [3.05, 3.63) is 65.0 Å². The van der Waals surface area contributed by atoms with E-state index in [0.717, 1.165) is 5.56 Å². The minimum atomic E-state index is -0.534. The second-order valence-corrected chi connectivity index (χ2v) is 5.36. The molecule has 1 atom stereocenters. The number of Topliss-reactive ketones (excluding diaryl/α,β-unsaturated/α-hetero) is 1. The van der Waals surface area contributed by atoms with Crippen molar-refractivity contribution >= 4 is 11.9 Å². The molecule has 1 aliphatic heterocycles. The molecular formula is C19H14FNO3. The van der Waals surface area contributed by atoms with Crippen LogP contribution in [0.5, 0.6) is 11.5 Å². The summed E-state index contributed by atoms with van der Waals surface area (Å²) in [6.07, 6.45) is 1.17. The lowest BCUT2D eigenvalue weighted by Gasteiger charge is -2.19. The van der Waals surface area contributed by atoms with E-state index in [1.165, 1.54) is 12.1 Å². The summed E-state index contributed by atoms with van der Waals surface area (Å²) in [5.41, 5.74) is 1.47. The summed E-state index contributed by atoms with van der Waals surface area (Å²) in [4.78, 5) is 12.4. The lowest BCUT2D eigenvalue weighted by molar-refractivity contribution is 0.0998. The zero-order valence-corrected chi connectivity index (χ0v) is 13.0. The van der Waals surface area contributed by atoms with Gasteiger partial charge < -0.3 is 9.47 Å². The van der Waals surface area contributed by atoms with Gasteiger partial charge in [-0.2, -0.15) is 5.26 Å². The number of fused-ring (bicyclic) bond motifs is 1. The average molecular weight is 323 g/mol. The van der Waals surface area contributed by atoms with E-state index >= 15 is 0 Å². The van der Waals surface area contributed by atoms with Crippen molar-refractivity contribution in [1.82, 2.24) is 0 Å². The van der Waals surface area contributed by atoms with Crippen LogP contribution in [-0.2, 0) is 0 Å². The van der Waals surface area contributed by atoms with E-state index in [2.05, 4.69) is 0 Å². The standard InChI is InChI=1S/C19H14FNO3/c1-12(10-21)24-15-7-5-13(6-8-15)9-14-11-23-19-16(18(14)22)3-2-4-17(19)20/h2-9,12H,11H2,1H3. The van der Waals surface area contributed by atoms with Crippen molar-refractivity contribution in [2.45, 2.75) is 13.0 Å². The van der Waals surface area contributed by atoms with E-state index in [1.54, 1.807) is 43.3 Å². The Hall–Kier alpha value is -3.13. The maximum absolute atomic E-state index is 13.6. The summed E-state index contributed by atoms with van der Waals surface area (Å²) < 4.78 is 24.4. The zero-order valence-electron chi connectivity index (χ0n) is 13.0. The van der Waals surface area contributed by atoms with Gasteiger partial charge in [0, 0.05) is 5.57 Å². The van der Waals surface area contributed by atoms with Crippen molar-refractivity contribution in [1.29, 1.82) is 5.26 Å². The number of nitriles is 1. The average Bonchev–Trinajstić information content (AvgIpc) is 2.59. The van der Waals surface area contributed by atoms with Gasteiger partial charge in [0.15, 0.2) is 23.5 Å². The second kappa shape index (κ2) is 6.55. The predicted molar refractivity (Wildman–Crippen MR) is 86.3 cm³/mol. The number of hydrogen-bond acceptors (Lipinski definition) is 4. The molecule has 2 aromatic carbocycles. The SMILES string of the molecule is CC(C#N)Oc1ccc(C=C2COc3c(F)cccc3C2=O)cc1. The number of ether oxygens (including phenoxy) is 2. The molecule has 0 N–H and O–H groups in total. The third-order valence-corrected chi connectivity index (χ3v) is 3.59. The van der Waals surface area contributed by atoms with Crippen molar-refractivity contribution < 1.29 is 18.7 Å². The van der Waals surface area contributed by atoms with Crippen LogP contribution in [0.1, 0.15) is 22.8 Å². The van der Waals surface area contributed by atoms with Gasteiger partial charge in [0.05, 0.1) is 5.56 Å². The zero-order chi connectivity index (χ0) is 17.1. The summed E-state index contributed by atoms with van der Waals surface area (Å²) in [6.45, 7) is 1.68. The first-order valence-corrected chi connectivity index (χ1v) is 7.41. The fourth-order valence-corrected chi connectivity index (χ4v) is 2.40. The van der Waals surface area contributed by atoms with E-state index in [0.29, 0.717) is 11.3 Å². The van der Waals surface area contributed by atoms with Crippen LogP contribution in [0.4, 0.5) is 4.39 Å². The monoisotopic (exact) mass is 323 g/mol. The maximum atomic E-state index is 13.6. The lowest BCUT2D eigenvalue weighted by Crippen LogP contribution is -2.19. The van der Waals surface area contributed by atoms with Crippen LogP contribution in [0.3, 0.4) is 0 Å². The largest absolute Gasteiger partial charge is 0.485 e. The molecule has 24 heavy (non-hydrogen) atoms. The normalized spacial score (nSPS) is 16.0. The number of carbonyl (C=O) groups is 1. The molecule has 0 aliphatic carbocycles. The Morgan fingerprint density at radius 3 is 2.75 bits per heavy atom. The summed E-state index contributed by atoms with van der Waals surface area (Å²) in [7, 11) is 0. The number of hydrogen-bond donors (Lipinski definition) is 0. The van der Waals surface area contributed by atoms with Crippen molar-refractivity contribution in [3.8, 4) is 17.6 Å². The van der Waals surface area contributed by atoms with Crippen molar-refractivity contribution in [2.75, 3.05) is 6.61 Å². The van der Waals surface area contributed by atoms with Crippen LogP contribution in [0, 0.1) is 17.1 Å². The van der Waals surface area contributed by atoms with Gasteiger partial charge in [-0.3, -0.25) is 4.79 Å². The summed E-state index contributed by atoms with van der Waals surface area (Å²) in [6, 6.07) is 13.3. The molecule has 0 saturated carbocycles. The summed E-state index contributed by atoms with van der Waals surface area (Å²) in [5, 5.41) is 8.73. The van der Waals surface area contributed by atoms with Gasteiger partial charge in [-0.05, 0) is 42.8 Å². The van der Waals surface area contributed by atoms with Crippen LogP contribution in [0.15, 0.2) is 48.0 Å². The van der Waals surface area contributed by atoms with Gasteiger partial charge >= 0.3 is 0 Å². The lowest BCUT2D eigenvalue weighted by atomic mass is 9.98. The summed E-state index contributed by atoms with van der Waals surface area (Å²) >= 11 is 0. The molecule has 1 unspecified atom stereocenters. The molecule has 0 aromatic heterocycles. The minimum absolute atomic E-state index is 0.00823. The van der Waals surface area contributed by atoms with E-state index in [-0.39, 0.29) is 23.7 Å². The molecule has 0 bridgehead atoms. The fraction of sp³-hybridized carbons (Fsp3) is 0.158. The number of ketones is 1. The van der Waals surface area contributed by atoms with Gasteiger partial charge in [-0.1, -0.05) is 18.2 Å². The van der Waals surface area contributed by atoms with Crippen LogP contribution in [0.25, 0.3) is 6.08 Å². The molecule has 0 spiro atoms. The van der Waals surface area contributed by atoms with Gasteiger partial charge in [0.1, 0.15) is 18.4 Å². The van der Waals surface area contributed by atoms with E-state index < -0.39 is 11.9 Å². The third-order valence-electron chi connectivity index (χ3n) is 3.59. The smallest absolute Gasteiger partial charge is 0.196 e. The Bertz CT molecular complexity index is 850. The number of rotatable bonds is 3. The van der Waals surface area contributed by atoms with Gasteiger partial charge in [0.25, 0.3) is 0 Å². The number of halogens is 1. The first-order valence-electron chi connectivity index (χ1n) is 7.41. The second-order valence-electron chi connectivity index (χ2n) is 5.36. The number of benzene rings is 2. The molecule has 1 aliphatic rings. The highest BCUT2D eigenvalue weighted by Gasteiger charge is 2.25. The fourth-order valence-electron chi connectivity index (χ4n) is 2.40. The van der Waals surface area contributed by atoms with Gasteiger partial charge in [-0.25, -0.2) is 4.39 Å². The molecule has 120 valence electrons. The Morgan fingerprint density at radius 2 is 2.04 bits per heavy atom. The highest BCUT2D eigenvalue weighted by molar-refractivity contribution is 6.14. The van der Waals surface area contributed by atoms with Crippen molar-refractivity contribution in [2.24, 2.45) is 0 Å². The van der Waals surface area contributed by atoms with Crippen LogP contribution in [0.2, 0.25) is 0 Å². The molecule has 5 heteroatoms. The molecule has 0 radical (unpaired) electrons. The van der Waals surface area contributed by atoms with E-state index in [4.69, 9.17) is 14.7 Å². The summed E-state index contributed by atoms with van der Waals surface area (Å²) in [5.74, 6) is -0.194. The molecule has 2 aromatic rings. The van der Waals surface area contributed by atoms with Gasteiger partial charge in [0.2, 0.25) is 0 Å². The molecular weight excluding hydrogens is 309 g/mol. The molecule has 0 saturated heterocycles. The Balaban J connectivity index is 1.82. The Labute approximate surface area is 138 Å². The minimum Gasteiger partial charge on any atom is -0.485 e. The first kappa shape index (κ1) is 15.8. The maximum Gasteiger partial charge on any atom is 0.196 e. The number of carbonyl (C=O) groups excluding carboxylic acids is 1. The number of nitrogens with zero attached hydrogens (tertiary/aromatic N) is 1. The van der Waals surface area contributed by atoms with E-state index in [9.17, 15) is 9.18 Å². The molecule has 3 rings (SSSR count). The predicted octanol–water partition coefficient (Wildman–Crippen LogP) is 3.78. The molecule has 4 nitrogen and oxygen atoms in total. The Morgan fingerprint density at radius 1 is 1.29 bits per heavy atom. The Kier molecular flexibility index (Phi) is 4.30. The number of para-hydroxylation sites is 1. The van der Waals surface area contributed by atoms with E-state index in [1.807, 2.05) is 6.07 Å².